The van der Waals surface area contributed by atoms with Crippen LogP contribution in [0, 0.1) is 11.6 Å². The van der Waals surface area contributed by atoms with E-state index in [0.717, 1.165) is 17.0 Å². The largest absolute Gasteiger partial charge is 0.368 e. The number of carbonyl (C=O) groups excluding carboxylic acids is 2. The summed E-state index contributed by atoms with van der Waals surface area (Å²) in [4.78, 5) is 25.1. The van der Waals surface area contributed by atoms with Crippen LogP contribution in [0.4, 0.5) is 13.2 Å². The maximum Gasteiger partial charge on any atom is 0.254 e. The lowest BCUT2D eigenvalue weighted by Gasteiger charge is -2.22. The van der Waals surface area contributed by atoms with Crippen LogP contribution in [0.2, 0.25) is 0 Å². The third-order valence-corrected chi connectivity index (χ3v) is 4.20. The average Bonchev–Trinajstić information content (AvgIpc) is 2.96. The Balaban J connectivity index is 1.97. The van der Waals surface area contributed by atoms with Crippen LogP contribution in [0.25, 0.3) is 11.1 Å². The molecular weight excluding hydrogens is 333 g/mol. The fourth-order valence-electron chi connectivity index (χ4n) is 3.03. The molecular formula is C18H15F3N2O2. The second-order valence-electron chi connectivity index (χ2n) is 5.89. The molecule has 1 aliphatic rings. The summed E-state index contributed by atoms with van der Waals surface area (Å²) in [5.74, 6) is -2.92. The van der Waals surface area contributed by atoms with Gasteiger partial charge in [-0.1, -0.05) is 18.2 Å². The molecule has 130 valence electrons. The van der Waals surface area contributed by atoms with Crippen LogP contribution in [0.1, 0.15) is 16.8 Å². The van der Waals surface area contributed by atoms with Crippen LogP contribution in [0.15, 0.2) is 42.5 Å². The minimum Gasteiger partial charge on any atom is -0.368 e. The Morgan fingerprint density at radius 3 is 2.36 bits per heavy atom. The van der Waals surface area contributed by atoms with Gasteiger partial charge in [0.05, 0.1) is 12.1 Å². The molecule has 4 nitrogen and oxygen atoms in total. The summed E-state index contributed by atoms with van der Waals surface area (Å²) in [5, 5.41) is 0. The molecule has 2 aromatic carbocycles. The average molecular weight is 348 g/mol. The van der Waals surface area contributed by atoms with Gasteiger partial charge in [-0.3, -0.25) is 9.59 Å². The van der Waals surface area contributed by atoms with Crippen molar-refractivity contribution in [3.05, 3.63) is 59.7 Å². The molecule has 25 heavy (non-hydrogen) atoms. The van der Waals surface area contributed by atoms with E-state index in [2.05, 4.69) is 0 Å². The Morgan fingerprint density at radius 1 is 1.08 bits per heavy atom. The van der Waals surface area contributed by atoms with E-state index < -0.39 is 35.7 Å². The third kappa shape index (κ3) is 3.22. The van der Waals surface area contributed by atoms with Crippen molar-refractivity contribution in [1.82, 2.24) is 4.90 Å². The predicted molar refractivity (Wildman–Crippen MR) is 85.3 cm³/mol. The van der Waals surface area contributed by atoms with Crippen molar-refractivity contribution in [2.75, 3.05) is 6.54 Å². The molecule has 2 N–H and O–H groups in total. The van der Waals surface area contributed by atoms with Gasteiger partial charge in [-0.05, 0) is 29.8 Å². The lowest BCUT2D eigenvalue weighted by Crippen LogP contribution is -2.43. The smallest absolute Gasteiger partial charge is 0.254 e. The van der Waals surface area contributed by atoms with Crippen LogP contribution >= 0.6 is 0 Å². The van der Waals surface area contributed by atoms with Gasteiger partial charge in [-0.15, -0.1) is 0 Å². The highest BCUT2D eigenvalue weighted by Gasteiger charge is 2.39. The number of carbonyl (C=O) groups is 2. The molecule has 0 saturated carbocycles. The monoisotopic (exact) mass is 348 g/mol. The van der Waals surface area contributed by atoms with E-state index in [9.17, 15) is 22.8 Å². The van der Waals surface area contributed by atoms with Gasteiger partial charge < -0.3 is 10.6 Å². The number of nitrogens with two attached hydrogens (primary N) is 1. The molecule has 3 rings (SSSR count). The number of benzene rings is 2. The van der Waals surface area contributed by atoms with Crippen molar-refractivity contribution in [3.63, 3.8) is 0 Å². The van der Waals surface area contributed by atoms with E-state index >= 15 is 0 Å². The molecule has 7 heteroatoms. The number of alkyl halides is 1. The third-order valence-electron chi connectivity index (χ3n) is 4.20. The summed E-state index contributed by atoms with van der Waals surface area (Å²) in [5.41, 5.74) is 5.24. The molecule has 0 aromatic heterocycles. The zero-order chi connectivity index (χ0) is 18.1. The Labute approximate surface area is 142 Å². The van der Waals surface area contributed by atoms with Crippen molar-refractivity contribution >= 4 is 11.8 Å². The predicted octanol–water partition coefficient (Wildman–Crippen LogP) is 2.67. The van der Waals surface area contributed by atoms with Crippen molar-refractivity contribution < 1.29 is 22.8 Å². The van der Waals surface area contributed by atoms with Crippen molar-refractivity contribution in [2.45, 2.75) is 18.6 Å². The van der Waals surface area contributed by atoms with E-state index in [-0.39, 0.29) is 29.7 Å². The van der Waals surface area contributed by atoms with Crippen LogP contribution in [0.3, 0.4) is 0 Å². The second-order valence-corrected chi connectivity index (χ2v) is 5.89. The number of halogens is 3. The molecule has 0 radical (unpaired) electrons. The first-order valence-corrected chi connectivity index (χ1v) is 7.67. The van der Waals surface area contributed by atoms with Gasteiger partial charge in [0.25, 0.3) is 5.91 Å². The molecule has 2 atom stereocenters. The van der Waals surface area contributed by atoms with Gasteiger partial charge in [0.2, 0.25) is 5.91 Å². The van der Waals surface area contributed by atoms with Gasteiger partial charge in [0.1, 0.15) is 23.8 Å². The number of amides is 2. The SMILES string of the molecule is NC(=O)[C@@H]1C[C@@H](F)CN1C(=O)c1cccc(-c2c(F)cccc2F)c1. The highest BCUT2D eigenvalue weighted by atomic mass is 19.1. The van der Waals surface area contributed by atoms with Crippen LogP contribution < -0.4 is 5.73 Å². The van der Waals surface area contributed by atoms with E-state index in [1.54, 1.807) is 0 Å². The van der Waals surface area contributed by atoms with Crippen LogP contribution in [0.5, 0.6) is 0 Å². The highest BCUT2D eigenvalue weighted by Crippen LogP contribution is 2.28. The van der Waals surface area contributed by atoms with Crippen LogP contribution in [-0.2, 0) is 4.79 Å². The first kappa shape index (κ1) is 17.0. The highest BCUT2D eigenvalue weighted by molar-refractivity contribution is 5.98. The normalized spacial score (nSPS) is 19.9. The van der Waals surface area contributed by atoms with Gasteiger partial charge in [0, 0.05) is 12.0 Å². The number of hydrogen-bond donors (Lipinski definition) is 1. The zero-order valence-electron chi connectivity index (χ0n) is 13.1. The maximum atomic E-state index is 13.9. The fourth-order valence-corrected chi connectivity index (χ4v) is 3.03. The molecule has 0 unspecified atom stereocenters. The lowest BCUT2D eigenvalue weighted by atomic mass is 10.0. The molecule has 1 fully saturated rings. The topological polar surface area (TPSA) is 63.4 Å². The Morgan fingerprint density at radius 2 is 1.72 bits per heavy atom. The molecule has 1 saturated heterocycles. The van der Waals surface area contributed by atoms with Gasteiger partial charge in [0.15, 0.2) is 0 Å². The van der Waals surface area contributed by atoms with E-state index in [0.29, 0.717) is 0 Å². The van der Waals surface area contributed by atoms with E-state index in [1.807, 2.05) is 0 Å². The molecule has 2 amide bonds. The Hall–Kier alpha value is -2.83. The number of primary amides is 1. The summed E-state index contributed by atoms with van der Waals surface area (Å²) in [6, 6.07) is 8.13. The van der Waals surface area contributed by atoms with E-state index in [1.165, 1.54) is 30.3 Å². The number of rotatable bonds is 3. The minimum atomic E-state index is -1.34. The Bertz CT molecular complexity index is 821. The summed E-state index contributed by atoms with van der Waals surface area (Å²) in [6.45, 7) is -0.245. The molecule has 1 aliphatic heterocycles. The molecule has 2 aromatic rings. The minimum absolute atomic E-state index is 0.0977. The fraction of sp³-hybridized carbons (Fsp3) is 0.222. The molecule has 0 spiro atoms. The molecule has 0 bridgehead atoms. The van der Waals surface area contributed by atoms with Gasteiger partial charge >= 0.3 is 0 Å². The quantitative estimate of drug-likeness (QED) is 0.927. The summed E-state index contributed by atoms with van der Waals surface area (Å²) in [7, 11) is 0. The molecule has 0 aliphatic carbocycles. The second kappa shape index (κ2) is 6.58. The maximum absolute atomic E-state index is 13.9. The standard InChI is InChI=1S/C18H15F3N2O2/c19-12-8-15(17(22)24)23(9-12)18(25)11-4-1-3-10(7-11)16-13(20)5-2-6-14(16)21/h1-7,12,15H,8-9H2,(H2,22,24)/t12-,15+/m1/s1. The Kier molecular flexibility index (Phi) is 4.48. The molecule has 1 heterocycles. The first-order chi connectivity index (χ1) is 11.9. The van der Waals surface area contributed by atoms with Gasteiger partial charge in [-0.25, -0.2) is 13.2 Å². The van der Waals surface area contributed by atoms with Crippen molar-refractivity contribution in [1.29, 1.82) is 0 Å². The number of hydrogen-bond acceptors (Lipinski definition) is 2. The zero-order valence-corrected chi connectivity index (χ0v) is 13.1. The van der Waals surface area contributed by atoms with E-state index in [4.69, 9.17) is 5.73 Å². The summed E-state index contributed by atoms with van der Waals surface area (Å²) < 4.78 is 41.5. The number of nitrogens with zero attached hydrogens (tertiary/aromatic N) is 1. The summed E-state index contributed by atoms with van der Waals surface area (Å²) in [6.07, 6.45) is -1.49. The summed E-state index contributed by atoms with van der Waals surface area (Å²) >= 11 is 0. The first-order valence-electron chi connectivity index (χ1n) is 7.67. The van der Waals surface area contributed by atoms with Crippen molar-refractivity contribution in [2.24, 2.45) is 5.73 Å². The van der Waals surface area contributed by atoms with Gasteiger partial charge in [-0.2, -0.15) is 0 Å². The lowest BCUT2D eigenvalue weighted by molar-refractivity contribution is -0.121. The number of likely N-dealkylation sites (tertiary alicyclic amines) is 1. The van der Waals surface area contributed by atoms with Crippen molar-refractivity contribution in [3.8, 4) is 11.1 Å². The van der Waals surface area contributed by atoms with Crippen LogP contribution in [-0.4, -0.2) is 35.5 Å².